The molecule has 1 N–H and O–H groups in total. The van der Waals surface area contributed by atoms with Gasteiger partial charge in [0.25, 0.3) is 0 Å². The Kier molecular flexibility index (Phi) is 2.66. The van der Waals surface area contributed by atoms with Crippen LogP contribution in [-0.2, 0) is 0 Å². The smallest absolute Gasteiger partial charge is 0.114 e. The molecule has 1 heterocycles. The maximum Gasteiger partial charge on any atom is 0.114 e. The Labute approximate surface area is 62.0 Å². The molecule has 1 aliphatic rings. The van der Waals surface area contributed by atoms with Gasteiger partial charge in [-0.2, -0.15) is 0 Å². The monoisotopic (exact) mass is 145 g/mol. The van der Waals surface area contributed by atoms with E-state index in [-0.39, 0.29) is 0 Å². The average Bonchev–Trinajstić information content (AvgIpc) is 2.13. The molecule has 0 amide bonds. The standard InChI is InChI=1S/C8H16FN/c1-6(2)3-8-4-7(9)5-10-8/h6-8,10H,3-5H2,1-2H3/t7-,8-/m1/s1. The Morgan fingerprint density at radius 3 is 2.70 bits per heavy atom. The van der Waals surface area contributed by atoms with Gasteiger partial charge in [-0.15, -0.1) is 0 Å². The van der Waals surface area contributed by atoms with Gasteiger partial charge in [0.2, 0.25) is 0 Å². The molecule has 1 rings (SSSR count). The highest BCUT2D eigenvalue weighted by atomic mass is 19.1. The second kappa shape index (κ2) is 3.33. The molecule has 0 unspecified atom stereocenters. The van der Waals surface area contributed by atoms with Gasteiger partial charge in [-0.25, -0.2) is 4.39 Å². The summed E-state index contributed by atoms with van der Waals surface area (Å²) in [5.74, 6) is 0.683. The third kappa shape index (κ3) is 2.25. The minimum Gasteiger partial charge on any atom is -0.311 e. The molecule has 0 aromatic rings. The predicted octanol–water partition coefficient (Wildman–Crippen LogP) is 1.73. The van der Waals surface area contributed by atoms with Crippen LogP contribution in [-0.4, -0.2) is 18.8 Å². The van der Waals surface area contributed by atoms with E-state index in [0.717, 1.165) is 12.8 Å². The van der Waals surface area contributed by atoms with Crippen LogP contribution in [0.15, 0.2) is 0 Å². The molecule has 60 valence electrons. The van der Waals surface area contributed by atoms with Crippen LogP contribution in [0.5, 0.6) is 0 Å². The molecule has 1 aliphatic heterocycles. The second-order valence-electron chi connectivity index (χ2n) is 3.57. The first-order valence-electron chi connectivity index (χ1n) is 4.06. The highest BCUT2D eigenvalue weighted by Crippen LogP contribution is 2.16. The van der Waals surface area contributed by atoms with Gasteiger partial charge >= 0.3 is 0 Å². The SMILES string of the molecule is CC(C)C[C@@H]1C[C@@H](F)CN1. The van der Waals surface area contributed by atoms with E-state index in [0.29, 0.717) is 18.5 Å². The molecule has 0 bridgehead atoms. The number of hydrogen-bond donors (Lipinski definition) is 1. The Morgan fingerprint density at radius 2 is 2.30 bits per heavy atom. The molecular weight excluding hydrogens is 129 g/mol. The van der Waals surface area contributed by atoms with Gasteiger partial charge in [0.15, 0.2) is 0 Å². The summed E-state index contributed by atoms with van der Waals surface area (Å²) in [6, 6.07) is 0.440. The van der Waals surface area contributed by atoms with Crippen LogP contribution >= 0.6 is 0 Å². The van der Waals surface area contributed by atoms with Gasteiger partial charge in [0.1, 0.15) is 6.17 Å². The van der Waals surface area contributed by atoms with Gasteiger partial charge in [0, 0.05) is 12.6 Å². The third-order valence-electron chi connectivity index (χ3n) is 1.92. The lowest BCUT2D eigenvalue weighted by atomic mass is 10.0. The lowest BCUT2D eigenvalue weighted by Gasteiger charge is -2.11. The van der Waals surface area contributed by atoms with Crippen LogP contribution in [0.1, 0.15) is 26.7 Å². The van der Waals surface area contributed by atoms with Crippen LogP contribution in [0.2, 0.25) is 0 Å². The van der Waals surface area contributed by atoms with Crippen molar-refractivity contribution >= 4 is 0 Å². The summed E-state index contributed by atoms with van der Waals surface area (Å²) in [5, 5.41) is 3.16. The highest BCUT2D eigenvalue weighted by molar-refractivity contribution is 4.81. The molecule has 2 atom stereocenters. The first-order valence-corrected chi connectivity index (χ1v) is 4.06. The number of halogens is 1. The molecule has 0 radical (unpaired) electrons. The Bertz CT molecular complexity index is 103. The van der Waals surface area contributed by atoms with E-state index in [1.807, 2.05) is 0 Å². The molecule has 0 aromatic carbocycles. The van der Waals surface area contributed by atoms with Crippen LogP contribution in [0.4, 0.5) is 4.39 Å². The van der Waals surface area contributed by atoms with Crippen molar-refractivity contribution in [1.29, 1.82) is 0 Å². The van der Waals surface area contributed by atoms with E-state index < -0.39 is 6.17 Å². The summed E-state index contributed by atoms with van der Waals surface area (Å²) in [6.45, 7) is 4.91. The van der Waals surface area contributed by atoms with E-state index in [2.05, 4.69) is 19.2 Å². The minimum atomic E-state index is -0.594. The van der Waals surface area contributed by atoms with Gasteiger partial charge in [0.05, 0.1) is 0 Å². The molecule has 1 nitrogen and oxygen atoms in total. The fourth-order valence-corrected chi connectivity index (χ4v) is 1.52. The van der Waals surface area contributed by atoms with Gasteiger partial charge in [-0.3, -0.25) is 0 Å². The van der Waals surface area contributed by atoms with Crippen molar-refractivity contribution in [3.05, 3.63) is 0 Å². The molecule has 0 aromatic heterocycles. The predicted molar refractivity (Wildman–Crippen MR) is 40.8 cm³/mol. The topological polar surface area (TPSA) is 12.0 Å². The molecule has 10 heavy (non-hydrogen) atoms. The van der Waals surface area contributed by atoms with Crippen molar-refractivity contribution in [3.8, 4) is 0 Å². The number of rotatable bonds is 2. The zero-order chi connectivity index (χ0) is 7.56. The number of hydrogen-bond acceptors (Lipinski definition) is 1. The van der Waals surface area contributed by atoms with Crippen molar-refractivity contribution in [2.45, 2.75) is 38.9 Å². The fourth-order valence-electron chi connectivity index (χ4n) is 1.52. The van der Waals surface area contributed by atoms with Crippen molar-refractivity contribution in [1.82, 2.24) is 5.32 Å². The normalized spacial score (nSPS) is 33.6. The van der Waals surface area contributed by atoms with Gasteiger partial charge < -0.3 is 5.32 Å². The summed E-state index contributed by atoms with van der Waals surface area (Å²) < 4.78 is 12.6. The van der Waals surface area contributed by atoms with Gasteiger partial charge in [-0.05, 0) is 18.8 Å². The van der Waals surface area contributed by atoms with Gasteiger partial charge in [-0.1, -0.05) is 13.8 Å². The quantitative estimate of drug-likeness (QED) is 0.624. The first kappa shape index (κ1) is 7.99. The zero-order valence-electron chi connectivity index (χ0n) is 6.73. The van der Waals surface area contributed by atoms with E-state index in [1.165, 1.54) is 0 Å². The van der Waals surface area contributed by atoms with Crippen molar-refractivity contribution in [2.75, 3.05) is 6.54 Å². The van der Waals surface area contributed by atoms with Crippen molar-refractivity contribution in [2.24, 2.45) is 5.92 Å². The summed E-state index contributed by atoms with van der Waals surface area (Å²) in [7, 11) is 0. The van der Waals surface area contributed by atoms with E-state index in [4.69, 9.17) is 0 Å². The lowest BCUT2D eigenvalue weighted by molar-refractivity contribution is 0.349. The third-order valence-corrected chi connectivity index (χ3v) is 1.92. The summed E-state index contributed by atoms with van der Waals surface area (Å²) in [5.41, 5.74) is 0. The molecule has 0 spiro atoms. The molecular formula is C8H16FN. The molecule has 1 saturated heterocycles. The molecule has 2 heteroatoms. The molecule has 0 aliphatic carbocycles. The van der Waals surface area contributed by atoms with E-state index in [9.17, 15) is 4.39 Å². The van der Waals surface area contributed by atoms with Crippen LogP contribution in [0.25, 0.3) is 0 Å². The first-order chi connectivity index (χ1) is 4.68. The van der Waals surface area contributed by atoms with Crippen molar-refractivity contribution < 1.29 is 4.39 Å². The average molecular weight is 145 g/mol. The van der Waals surface area contributed by atoms with E-state index in [1.54, 1.807) is 0 Å². The minimum absolute atomic E-state index is 0.440. The summed E-state index contributed by atoms with van der Waals surface area (Å²) in [4.78, 5) is 0. The maximum atomic E-state index is 12.6. The zero-order valence-corrected chi connectivity index (χ0v) is 6.73. The lowest BCUT2D eigenvalue weighted by Crippen LogP contribution is -2.22. The van der Waals surface area contributed by atoms with Crippen LogP contribution < -0.4 is 5.32 Å². The number of nitrogens with one attached hydrogen (secondary N) is 1. The maximum absolute atomic E-state index is 12.6. The van der Waals surface area contributed by atoms with E-state index >= 15 is 0 Å². The highest BCUT2D eigenvalue weighted by Gasteiger charge is 2.23. The summed E-state index contributed by atoms with van der Waals surface area (Å²) >= 11 is 0. The fraction of sp³-hybridized carbons (Fsp3) is 1.00. The Balaban J connectivity index is 2.18. The Morgan fingerprint density at radius 1 is 1.60 bits per heavy atom. The number of alkyl halides is 1. The largest absolute Gasteiger partial charge is 0.311 e. The van der Waals surface area contributed by atoms with Crippen LogP contribution in [0, 0.1) is 5.92 Å². The summed E-state index contributed by atoms with van der Waals surface area (Å²) in [6.07, 6.45) is 1.24. The van der Waals surface area contributed by atoms with Crippen molar-refractivity contribution in [3.63, 3.8) is 0 Å². The molecule has 1 fully saturated rings. The van der Waals surface area contributed by atoms with Crippen LogP contribution in [0.3, 0.4) is 0 Å². The second-order valence-corrected chi connectivity index (χ2v) is 3.57. The Hall–Kier alpha value is -0.110. The molecule has 0 saturated carbocycles.